The fourth-order valence-corrected chi connectivity index (χ4v) is 8.57. The van der Waals surface area contributed by atoms with Gasteiger partial charge in [0.05, 0.1) is 34.4 Å². The highest BCUT2D eigenvalue weighted by atomic mass is 16.6. The summed E-state index contributed by atoms with van der Waals surface area (Å²) in [6.45, 7) is 4.66. The topological polar surface area (TPSA) is 99.1 Å². The number of ether oxygens (including phenoxy) is 3. The molecule has 2 atom stereocenters. The minimum atomic E-state index is -0.873. The number of quaternary nitrogens is 1. The molecule has 0 aromatic rings. The Bertz CT molecular complexity index is 1250. The van der Waals surface area contributed by atoms with E-state index in [-0.39, 0.29) is 36.2 Å². The third-order valence-corrected chi connectivity index (χ3v) is 13.0. The van der Waals surface area contributed by atoms with Crippen molar-refractivity contribution in [3.8, 4) is 0 Å². The second-order valence-electron chi connectivity index (χ2n) is 20.5. The summed E-state index contributed by atoms with van der Waals surface area (Å²) in [5.74, 6) is -1.46. The Morgan fingerprint density at radius 2 is 0.824 bits per heavy atom. The van der Waals surface area contributed by atoms with Gasteiger partial charge in [0, 0.05) is 19.3 Å². The van der Waals surface area contributed by atoms with Gasteiger partial charge < -0.3 is 23.8 Å². The lowest BCUT2D eigenvalue weighted by Gasteiger charge is -2.31. The molecule has 0 aromatic carbocycles. The average Bonchev–Trinajstić information content (AvgIpc) is 3.30. The molecule has 0 aliphatic heterocycles. The van der Waals surface area contributed by atoms with Crippen LogP contribution in [0.15, 0.2) is 48.6 Å². The number of hydrogen-bond donors (Lipinski definition) is 1. The Labute approximate surface area is 420 Å². The number of unbranched alkanes of at least 4 members (excludes halogenated alkanes) is 30. The number of aliphatic carboxylic acids is 1. The van der Waals surface area contributed by atoms with E-state index in [1.54, 1.807) is 0 Å². The molecule has 0 bridgehead atoms. The summed E-state index contributed by atoms with van der Waals surface area (Å²) in [7, 11) is 5.55. The number of rotatable bonds is 52. The van der Waals surface area contributed by atoms with Crippen molar-refractivity contribution in [2.75, 3.05) is 41.0 Å². The van der Waals surface area contributed by atoms with E-state index in [9.17, 15) is 19.5 Å². The molecule has 0 saturated heterocycles. The molecule has 0 rings (SSSR count). The van der Waals surface area contributed by atoms with Gasteiger partial charge in [0.1, 0.15) is 6.61 Å². The molecule has 68 heavy (non-hydrogen) atoms. The lowest BCUT2D eigenvalue weighted by Crippen LogP contribution is -2.50. The molecule has 0 radical (unpaired) electrons. The minimum absolute atomic E-state index is 0.0517. The highest BCUT2D eigenvalue weighted by molar-refractivity contribution is 5.72. The van der Waals surface area contributed by atoms with Gasteiger partial charge >= 0.3 is 17.9 Å². The van der Waals surface area contributed by atoms with Gasteiger partial charge in [0.2, 0.25) is 0 Å². The van der Waals surface area contributed by atoms with Crippen molar-refractivity contribution in [3.63, 3.8) is 0 Å². The molecule has 0 amide bonds. The Morgan fingerprint density at radius 1 is 0.456 bits per heavy atom. The summed E-state index contributed by atoms with van der Waals surface area (Å²) in [6.07, 6.45) is 63.2. The van der Waals surface area contributed by atoms with E-state index in [1.807, 2.05) is 21.1 Å². The Morgan fingerprint density at radius 3 is 1.24 bits per heavy atom. The second-order valence-corrected chi connectivity index (χ2v) is 20.5. The second kappa shape index (κ2) is 50.7. The summed E-state index contributed by atoms with van der Waals surface area (Å²) in [5.41, 5.74) is 0. The Balaban J connectivity index is 4.16. The number of carboxylic acids is 1. The van der Waals surface area contributed by atoms with Crippen molar-refractivity contribution in [1.29, 1.82) is 0 Å². The van der Waals surface area contributed by atoms with Crippen LogP contribution in [-0.2, 0) is 28.6 Å². The molecule has 2 unspecified atom stereocenters. The van der Waals surface area contributed by atoms with Gasteiger partial charge in [0.15, 0.2) is 12.1 Å². The number of hydrogen-bond acceptors (Lipinski definition) is 6. The maximum absolute atomic E-state index is 12.8. The molecule has 0 fully saturated rings. The van der Waals surface area contributed by atoms with Crippen LogP contribution in [-0.4, -0.2) is 80.6 Å². The quantitative estimate of drug-likeness (QED) is 0.0281. The van der Waals surface area contributed by atoms with E-state index >= 15 is 0 Å². The standard InChI is InChI=1S/C60H109NO7/c1-6-8-10-12-14-16-18-20-22-24-26-28-29-31-32-34-36-38-40-42-44-46-48-50-58(62)67-55-56(54-66-53-52-57(60(64)65)61(3,4)5)68-59(63)51-49-47-45-43-41-39-37-35-33-30-27-25-23-21-19-17-15-13-11-9-7-2/h8,10,14,16,20,22,30,33,56-57H,6-7,9,11-13,15,17-19,21,23-29,31-32,34-55H2,1-5H3/p+1/b10-8+,16-14+,22-20+,33-30+. The molecule has 0 saturated carbocycles. The minimum Gasteiger partial charge on any atom is -0.477 e. The number of nitrogens with zero attached hydrogens (tertiary/aromatic N) is 1. The molecule has 0 heterocycles. The van der Waals surface area contributed by atoms with Crippen LogP contribution in [0.2, 0.25) is 0 Å². The van der Waals surface area contributed by atoms with Crippen molar-refractivity contribution in [3.05, 3.63) is 48.6 Å². The van der Waals surface area contributed by atoms with E-state index in [2.05, 4.69) is 62.5 Å². The van der Waals surface area contributed by atoms with Crippen LogP contribution >= 0.6 is 0 Å². The van der Waals surface area contributed by atoms with Gasteiger partial charge in [-0.3, -0.25) is 9.59 Å². The summed E-state index contributed by atoms with van der Waals surface area (Å²) < 4.78 is 17.4. The monoisotopic (exact) mass is 957 g/mol. The lowest BCUT2D eigenvalue weighted by molar-refractivity contribution is -0.887. The zero-order chi connectivity index (χ0) is 49.9. The van der Waals surface area contributed by atoms with Gasteiger partial charge in [-0.2, -0.15) is 0 Å². The molecule has 0 aliphatic rings. The average molecular weight is 958 g/mol. The third kappa shape index (κ3) is 48.3. The maximum Gasteiger partial charge on any atom is 0.362 e. The van der Waals surface area contributed by atoms with Crippen LogP contribution in [0.25, 0.3) is 0 Å². The van der Waals surface area contributed by atoms with Crippen LogP contribution in [0.1, 0.15) is 264 Å². The summed E-state index contributed by atoms with van der Waals surface area (Å²) in [5, 5.41) is 9.68. The van der Waals surface area contributed by atoms with E-state index in [0.29, 0.717) is 19.3 Å². The van der Waals surface area contributed by atoms with Crippen LogP contribution in [0.3, 0.4) is 0 Å². The molecule has 1 N–H and O–H groups in total. The number of likely N-dealkylation sites (N-methyl/N-ethyl adjacent to an activating group) is 1. The molecular formula is C60H110NO7+. The van der Waals surface area contributed by atoms with Crippen LogP contribution in [0.5, 0.6) is 0 Å². The fourth-order valence-electron chi connectivity index (χ4n) is 8.57. The first-order chi connectivity index (χ1) is 33.1. The van der Waals surface area contributed by atoms with Crippen LogP contribution < -0.4 is 0 Å². The first kappa shape index (κ1) is 65.3. The zero-order valence-electron chi connectivity index (χ0n) is 45.3. The number of allylic oxidation sites excluding steroid dienone is 8. The molecule has 0 aromatic heterocycles. The van der Waals surface area contributed by atoms with Crippen molar-refractivity contribution < 1.29 is 38.2 Å². The normalized spacial score (nSPS) is 13.1. The third-order valence-electron chi connectivity index (χ3n) is 13.0. The summed E-state index contributed by atoms with van der Waals surface area (Å²) >= 11 is 0. The Hall–Kier alpha value is -2.71. The van der Waals surface area contributed by atoms with Gasteiger partial charge in [0.25, 0.3) is 0 Å². The number of esters is 2. The smallest absolute Gasteiger partial charge is 0.362 e. The Kier molecular flexibility index (Phi) is 48.7. The lowest BCUT2D eigenvalue weighted by atomic mass is 10.0. The van der Waals surface area contributed by atoms with E-state index < -0.39 is 18.1 Å². The predicted octanol–water partition coefficient (Wildman–Crippen LogP) is 17.1. The highest BCUT2D eigenvalue weighted by Crippen LogP contribution is 2.16. The predicted molar refractivity (Wildman–Crippen MR) is 289 cm³/mol. The zero-order valence-corrected chi connectivity index (χ0v) is 45.3. The van der Waals surface area contributed by atoms with Gasteiger partial charge in [-0.1, -0.05) is 223 Å². The first-order valence-corrected chi connectivity index (χ1v) is 28.7. The molecule has 8 nitrogen and oxygen atoms in total. The van der Waals surface area contributed by atoms with Crippen LogP contribution in [0.4, 0.5) is 0 Å². The van der Waals surface area contributed by atoms with Crippen molar-refractivity contribution in [1.82, 2.24) is 0 Å². The molecule has 0 spiro atoms. The van der Waals surface area contributed by atoms with Gasteiger partial charge in [-0.05, 0) is 70.6 Å². The summed E-state index contributed by atoms with van der Waals surface area (Å²) in [4.78, 5) is 37.3. The van der Waals surface area contributed by atoms with Crippen molar-refractivity contribution in [2.24, 2.45) is 0 Å². The molecule has 8 heteroatoms. The first-order valence-electron chi connectivity index (χ1n) is 28.7. The van der Waals surface area contributed by atoms with Crippen molar-refractivity contribution in [2.45, 2.75) is 276 Å². The SMILES string of the molecule is CC/C=C/C/C=C/C/C=C/CCCCCCCCCCCCCCCC(=O)OCC(COCCC(C(=O)O)[N+](C)(C)C)OC(=O)CCCCCCCCC/C=C/CCCCCCCCCCCC. The van der Waals surface area contributed by atoms with E-state index in [0.717, 1.165) is 57.8 Å². The maximum atomic E-state index is 12.8. The van der Waals surface area contributed by atoms with E-state index in [1.165, 1.54) is 173 Å². The van der Waals surface area contributed by atoms with Crippen molar-refractivity contribution >= 4 is 17.9 Å². The fraction of sp³-hybridized carbons (Fsp3) is 0.817. The summed E-state index contributed by atoms with van der Waals surface area (Å²) in [6, 6.07) is -0.616. The number of carbonyl (C=O) groups is 3. The van der Waals surface area contributed by atoms with Crippen LogP contribution in [0, 0.1) is 0 Å². The van der Waals surface area contributed by atoms with Gasteiger partial charge in [-0.25, -0.2) is 4.79 Å². The molecule has 396 valence electrons. The van der Waals surface area contributed by atoms with Gasteiger partial charge in [-0.15, -0.1) is 0 Å². The van der Waals surface area contributed by atoms with E-state index in [4.69, 9.17) is 14.2 Å². The highest BCUT2D eigenvalue weighted by Gasteiger charge is 2.31. The number of carboxylic acid groups (broad SMARTS) is 1. The molecule has 0 aliphatic carbocycles. The largest absolute Gasteiger partial charge is 0.477 e. The molecular weight excluding hydrogens is 847 g/mol. The number of carbonyl (C=O) groups excluding carboxylic acids is 2.